The minimum absolute atomic E-state index is 0.00295. The molecule has 24 heteroatoms. The highest BCUT2D eigenvalue weighted by atomic mass is 16.2. The number of nitrogens with two attached hydrogens (primary N) is 2. The van der Waals surface area contributed by atoms with Crippen LogP contribution in [0.3, 0.4) is 0 Å². The number of hydrogen-bond donors (Lipinski definition) is 8. The SMILES string of the molecule is CC(=O)NCCCC(CC(=O)C(NC(C)(C)C)C(C)C)C(=O)C(C)(C)C.CC(C)(C)NC(Cc1ccccc1)C(=O)CC(CCCCN)C(=O)C(C)(C)C.CC(C)(C)c1cn(C(C)(C)C)nn1.CC(C)(C)c1cn(C(C)(C)C)nn1.CC(C)C(CC(C)(C)C)C(=O)NC(CCCNC(N)=O)C(=O)C(C)(C)C.CC(CC(=O)C(NC(C)(C)C)C(C)C)C(=O)C(C)(C)C. The summed E-state index contributed by atoms with van der Waals surface area (Å²) in [5.74, 6) is 0.325. The van der Waals surface area contributed by atoms with Crippen molar-refractivity contribution >= 4 is 58.3 Å². The molecule has 1 aromatic carbocycles. The average Bonchev–Trinajstić information content (AvgIpc) is 1.66. The smallest absolute Gasteiger partial charge is 0.312 e. The minimum atomic E-state index is -0.585. The van der Waals surface area contributed by atoms with E-state index in [0.717, 1.165) is 42.6 Å². The van der Waals surface area contributed by atoms with E-state index in [1.165, 1.54) is 6.92 Å². The maximum Gasteiger partial charge on any atom is 0.312 e. The lowest BCUT2D eigenvalue weighted by atomic mass is 9.77. The third kappa shape index (κ3) is 54.7. The number of hydrogen-bond acceptors (Lipinski definition) is 18. The van der Waals surface area contributed by atoms with Gasteiger partial charge in [-0.1, -0.05) is 241 Å². The molecule has 8 unspecified atom stereocenters. The Morgan fingerprint density at radius 3 is 1.09 bits per heavy atom. The van der Waals surface area contributed by atoms with Gasteiger partial charge in [0.15, 0.2) is 23.1 Å². The summed E-state index contributed by atoms with van der Waals surface area (Å²) in [5.41, 5.74) is 11.8. The van der Waals surface area contributed by atoms with Gasteiger partial charge in [0, 0.05) is 124 Å². The number of nitrogens with one attached hydrogen (secondary N) is 6. The van der Waals surface area contributed by atoms with Crippen LogP contribution in [0.15, 0.2) is 42.7 Å². The van der Waals surface area contributed by atoms with Crippen LogP contribution in [0.25, 0.3) is 0 Å². The molecule has 0 aliphatic heterocycles. The van der Waals surface area contributed by atoms with E-state index in [-0.39, 0.29) is 168 Å². The van der Waals surface area contributed by atoms with E-state index in [1.807, 2.05) is 204 Å². The zero-order chi connectivity index (χ0) is 99.6. The number of nitrogens with zero attached hydrogens (tertiary/aromatic N) is 6. The van der Waals surface area contributed by atoms with Gasteiger partial charge in [0.2, 0.25) is 11.8 Å². The van der Waals surface area contributed by atoms with Crippen molar-refractivity contribution in [1.29, 1.82) is 0 Å². The number of amides is 4. The van der Waals surface area contributed by atoms with Gasteiger partial charge < -0.3 is 43.4 Å². The van der Waals surface area contributed by atoms with Gasteiger partial charge in [0.05, 0.1) is 46.6 Å². The van der Waals surface area contributed by atoms with Crippen LogP contribution in [-0.4, -0.2) is 149 Å². The number of carbonyl (C=O) groups is 10. The standard InChI is InChI=1S/C24H40N2O2.C21H40N2O3.C20H39N3O3.C17H33NO2.2C10H19N3/c1-23(2,3)22(28)19(14-10-11-15-25)17-21(27)20(26-24(4,5)6)16-18-12-8-7-9-13-18;1-14(2)18(23-21(7,8)9)17(25)13-16(19(26)20(4,5)6)11-10-12-22-15(3)24;1-13(2)14(12-19(3,4)5)17(25)23-15(16(24)20(6,7)8)10-9-11-22-18(21)26;1-11(2)14(18-17(7,8)9)13(19)10-12(3)15(20)16(4,5)6;2*1-9(2,3)8-7-13(12-11-8)10(4,5)6/h7-9,12-13,19-20,26H,10-11,14-17,25H2,1-6H3;14,16,18,23H,10-13H2,1-9H3,(H,22,24);13-15H,9-12H2,1-8H3,(H,23,25)(H3,21,22,26);11-12,14,18H,10H2,1-9H3;2*7H,1-6H3. The van der Waals surface area contributed by atoms with E-state index < -0.39 is 28.3 Å². The Kier molecular flexibility index (Phi) is 51.8. The Morgan fingerprint density at radius 1 is 0.413 bits per heavy atom. The van der Waals surface area contributed by atoms with Gasteiger partial charge in [-0.05, 0) is 190 Å². The maximum atomic E-state index is 13.3. The fourth-order valence-electron chi connectivity index (χ4n) is 13.6. The molecule has 3 aromatic rings. The molecule has 126 heavy (non-hydrogen) atoms. The van der Waals surface area contributed by atoms with Crippen molar-refractivity contribution in [2.45, 2.75) is 444 Å². The molecule has 0 bridgehead atoms. The van der Waals surface area contributed by atoms with Crippen molar-refractivity contribution in [2.24, 2.45) is 80.0 Å². The molecule has 0 radical (unpaired) electrons. The molecule has 0 aliphatic rings. The number of primary amides is 1. The first-order valence-corrected chi connectivity index (χ1v) is 46.7. The Balaban J connectivity index is -0.00000147. The first-order chi connectivity index (χ1) is 56.4. The van der Waals surface area contributed by atoms with Gasteiger partial charge in [-0.2, -0.15) is 0 Å². The van der Waals surface area contributed by atoms with E-state index in [2.05, 4.69) is 198 Å². The maximum absolute atomic E-state index is 13.3. The van der Waals surface area contributed by atoms with Gasteiger partial charge in [0.1, 0.15) is 17.3 Å². The summed E-state index contributed by atoms with van der Waals surface area (Å²) < 4.78 is 3.82. The van der Waals surface area contributed by atoms with Crippen molar-refractivity contribution in [3.05, 3.63) is 59.7 Å². The summed E-state index contributed by atoms with van der Waals surface area (Å²) in [7, 11) is 0. The van der Waals surface area contributed by atoms with Gasteiger partial charge in [0.25, 0.3) is 0 Å². The highest BCUT2D eigenvalue weighted by Gasteiger charge is 2.39. The normalized spacial score (nSPS) is 14.6. The number of carbonyl (C=O) groups excluding carboxylic acids is 10. The van der Waals surface area contributed by atoms with Gasteiger partial charge in [-0.3, -0.25) is 43.2 Å². The lowest BCUT2D eigenvalue weighted by Crippen LogP contribution is -2.51. The predicted octanol–water partition coefficient (Wildman–Crippen LogP) is 19.3. The monoisotopic (exact) mass is 1770 g/mol. The number of urea groups is 1. The molecule has 8 atom stereocenters. The zero-order valence-corrected chi connectivity index (χ0v) is 88.4. The van der Waals surface area contributed by atoms with Crippen LogP contribution in [0.5, 0.6) is 0 Å². The summed E-state index contributed by atoms with van der Waals surface area (Å²) in [5, 5.41) is 35.1. The molecule has 24 nitrogen and oxygen atoms in total. The molecular weight excluding hydrogens is 1580 g/mol. The highest BCUT2D eigenvalue weighted by molar-refractivity contribution is 5.95. The molecule has 728 valence electrons. The van der Waals surface area contributed by atoms with Crippen molar-refractivity contribution < 1.29 is 47.9 Å². The first-order valence-electron chi connectivity index (χ1n) is 46.7. The van der Waals surface area contributed by atoms with Crippen LogP contribution in [-0.2, 0) is 71.5 Å². The number of aromatic nitrogens is 6. The summed E-state index contributed by atoms with van der Waals surface area (Å²) in [6, 6.07) is 8.16. The first kappa shape index (κ1) is 123. The summed E-state index contributed by atoms with van der Waals surface area (Å²) in [6.45, 7) is 90.3. The number of ketones is 7. The number of unbranched alkanes of at least 4 members (excludes halogenated alkanes) is 1. The molecule has 0 saturated heterocycles. The van der Waals surface area contributed by atoms with Crippen LogP contribution in [0.4, 0.5) is 4.79 Å². The van der Waals surface area contributed by atoms with Crippen molar-refractivity contribution in [3.63, 3.8) is 0 Å². The summed E-state index contributed by atoms with van der Waals surface area (Å²) in [4.78, 5) is 124. The summed E-state index contributed by atoms with van der Waals surface area (Å²) >= 11 is 0. The molecule has 2 heterocycles. The Bertz CT molecular complexity index is 3540. The topological polar surface area (TPSA) is 356 Å². The zero-order valence-electron chi connectivity index (χ0n) is 88.4. The largest absolute Gasteiger partial charge is 0.356 e. The van der Waals surface area contributed by atoms with Crippen LogP contribution in [0.2, 0.25) is 0 Å². The Labute approximate surface area is 767 Å². The van der Waals surface area contributed by atoms with Crippen molar-refractivity contribution in [3.8, 4) is 0 Å². The second kappa shape index (κ2) is 52.9. The minimum Gasteiger partial charge on any atom is -0.356 e. The van der Waals surface area contributed by atoms with Gasteiger partial charge in [-0.25, -0.2) is 14.2 Å². The highest BCUT2D eigenvalue weighted by Crippen LogP contribution is 2.33. The second-order valence-corrected chi connectivity index (χ2v) is 48.6. The van der Waals surface area contributed by atoms with Crippen LogP contribution >= 0.6 is 0 Å². The number of rotatable bonds is 36. The van der Waals surface area contributed by atoms with Crippen LogP contribution in [0.1, 0.15) is 392 Å². The molecule has 4 amide bonds. The van der Waals surface area contributed by atoms with Crippen LogP contribution < -0.4 is 43.4 Å². The van der Waals surface area contributed by atoms with E-state index in [0.29, 0.717) is 64.6 Å². The molecular formula is C102H190N14O10. The van der Waals surface area contributed by atoms with Gasteiger partial charge >= 0.3 is 6.03 Å². The van der Waals surface area contributed by atoms with Crippen LogP contribution in [0, 0.1) is 68.5 Å². The molecule has 0 aliphatic carbocycles. The molecule has 10 N–H and O–H groups in total. The second-order valence-electron chi connectivity index (χ2n) is 48.6. The number of Topliss-reactive ketones (excluding diaryl/α,β-unsaturated/α-hetero) is 7. The Hall–Kier alpha value is -6.76. The van der Waals surface area contributed by atoms with E-state index in [9.17, 15) is 47.9 Å². The summed E-state index contributed by atoms with van der Waals surface area (Å²) in [6.07, 6.45) is 11.2. The lowest BCUT2D eigenvalue weighted by Gasteiger charge is -2.32. The lowest BCUT2D eigenvalue weighted by molar-refractivity contribution is -0.135. The molecule has 3 rings (SSSR count). The van der Waals surface area contributed by atoms with Crippen molar-refractivity contribution in [2.75, 3.05) is 19.6 Å². The third-order valence-electron chi connectivity index (χ3n) is 20.6. The Morgan fingerprint density at radius 2 is 0.778 bits per heavy atom. The fourth-order valence-corrected chi connectivity index (χ4v) is 13.6. The van der Waals surface area contributed by atoms with E-state index in [4.69, 9.17) is 11.5 Å². The molecule has 0 fully saturated rings. The molecule has 0 saturated carbocycles. The van der Waals surface area contributed by atoms with E-state index in [1.54, 1.807) is 0 Å². The van der Waals surface area contributed by atoms with Crippen molar-refractivity contribution in [1.82, 2.24) is 61.9 Å². The predicted molar refractivity (Wildman–Crippen MR) is 522 cm³/mol. The molecule has 2 aromatic heterocycles. The quantitative estimate of drug-likeness (QED) is 0.0251. The average molecular weight is 1770 g/mol. The van der Waals surface area contributed by atoms with Gasteiger partial charge in [-0.15, -0.1) is 10.2 Å². The van der Waals surface area contributed by atoms with E-state index >= 15 is 0 Å². The fraction of sp³-hybridized carbons (Fsp3) is 0.804. The number of benzene rings is 1. The third-order valence-corrected chi connectivity index (χ3v) is 20.6. The molecule has 0 spiro atoms.